The maximum absolute atomic E-state index is 13.9. The molecule has 0 bridgehead atoms. The molecule has 3 aromatic rings. The second-order valence-corrected chi connectivity index (χ2v) is 10.0. The van der Waals surface area contributed by atoms with E-state index in [-0.39, 0.29) is 24.5 Å². The van der Waals surface area contributed by atoms with Crippen LogP contribution in [0.5, 0.6) is 0 Å². The number of ketones is 2. The first-order chi connectivity index (χ1) is 19.6. The molecule has 214 valence electrons. The number of ether oxygens (including phenoxy) is 2. The number of carbonyl (C=O) groups is 4. The Morgan fingerprint density at radius 2 is 1.73 bits per heavy atom. The first-order valence-electron chi connectivity index (χ1n) is 13.3. The van der Waals surface area contributed by atoms with Gasteiger partial charge < -0.3 is 18.9 Å². The van der Waals surface area contributed by atoms with Gasteiger partial charge in [0.25, 0.3) is 0 Å². The number of oxime groups is 1. The Labute approximate surface area is 238 Å². The van der Waals surface area contributed by atoms with E-state index in [1.807, 2.05) is 48.9 Å². The zero-order valence-electron chi connectivity index (χ0n) is 23.4. The molecular weight excluding hydrogens is 526 g/mol. The largest absolute Gasteiger partial charge is 0.462 e. The summed E-state index contributed by atoms with van der Waals surface area (Å²) >= 11 is 0. The van der Waals surface area contributed by atoms with Gasteiger partial charge in [0.2, 0.25) is 5.78 Å². The number of hydrogen-bond donors (Lipinski definition) is 0. The fraction of sp³-hybridized carbons (Fsp3) is 0.323. The molecule has 1 aliphatic rings. The van der Waals surface area contributed by atoms with Gasteiger partial charge in [-0.2, -0.15) is 0 Å². The van der Waals surface area contributed by atoms with Gasteiger partial charge in [0.15, 0.2) is 5.78 Å². The number of Topliss-reactive ketones (excluding diaryl/α,β-unsaturated/α-hetero) is 2. The highest BCUT2D eigenvalue weighted by molar-refractivity contribution is 6.46. The van der Waals surface area contributed by atoms with Crippen molar-refractivity contribution in [1.82, 2.24) is 9.47 Å². The summed E-state index contributed by atoms with van der Waals surface area (Å²) in [7, 11) is 0. The smallest absolute Gasteiger partial charge is 0.331 e. The fourth-order valence-electron chi connectivity index (χ4n) is 4.74. The molecule has 10 nitrogen and oxygen atoms in total. The minimum atomic E-state index is -0.716. The third-order valence-corrected chi connectivity index (χ3v) is 7.02. The number of benzene rings is 2. The van der Waals surface area contributed by atoms with E-state index in [0.29, 0.717) is 37.4 Å². The Kier molecular flexibility index (Phi) is 9.26. The Bertz CT molecular complexity index is 1500. The quantitative estimate of drug-likeness (QED) is 0.0859. The summed E-state index contributed by atoms with van der Waals surface area (Å²) in [5, 5.41) is 4.51. The van der Waals surface area contributed by atoms with Crippen LogP contribution < -0.4 is 0 Å². The molecule has 2 heterocycles. The van der Waals surface area contributed by atoms with Crippen LogP contribution in [0.1, 0.15) is 47.9 Å². The molecule has 0 unspecified atom stereocenters. The molecule has 2 aromatic carbocycles. The van der Waals surface area contributed by atoms with Crippen molar-refractivity contribution in [1.29, 1.82) is 0 Å². The maximum Gasteiger partial charge on any atom is 0.331 e. The maximum atomic E-state index is 13.9. The topological polar surface area (TPSA) is 116 Å². The van der Waals surface area contributed by atoms with Crippen LogP contribution in [-0.4, -0.2) is 77.1 Å². The van der Waals surface area contributed by atoms with Crippen molar-refractivity contribution < 1.29 is 33.5 Å². The molecule has 0 N–H and O–H groups in total. The summed E-state index contributed by atoms with van der Waals surface area (Å²) in [5.41, 5.74) is 1.73. The van der Waals surface area contributed by atoms with Crippen LogP contribution >= 0.6 is 0 Å². The van der Waals surface area contributed by atoms with Crippen molar-refractivity contribution in [3.05, 3.63) is 78.5 Å². The third-order valence-electron chi connectivity index (χ3n) is 7.02. The first-order valence-corrected chi connectivity index (χ1v) is 13.3. The molecule has 1 aromatic heterocycles. The van der Waals surface area contributed by atoms with Gasteiger partial charge in [-0.05, 0) is 44.2 Å². The van der Waals surface area contributed by atoms with Gasteiger partial charge in [-0.1, -0.05) is 29.9 Å². The van der Waals surface area contributed by atoms with E-state index in [1.54, 1.807) is 24.3 Å². The number of hydrogen-bond acceptors (Lipinski definition) is 9. The van der Waals surface area contributed by atoms with E-state index in [9.17, 15) is 19.2 Å². The van der Waals surface area contributed by atoms with Crippen molar-refractivity contribution in [2.75, 3.05) is 32.9 Å². The van der Waals surface area contributed by atoms with Crippen LogP contribution in [0.4, 0.5) is 0 Å². The lowest BCUT2D eigenvalue weighted by molar-refractivity contribution is -0.141. The standard InChI is InChI=1S/C31H33N3O7/c1-5-28(36)40-17-14-26(32-41-21(2)35)29(37)22-10-12-23(13-11-22)34-20-25(24-8-6-7-9-27(24)34)30(38)31(3,4)33-15-18-39-19-16-33/h5-13,20H,1,14-19H2,2-4H3/b32-26+. The average Bonchev–Trinajstić information content (AvgIpc) is 3.38. The summed E-state index contributed by atoms with van der Waals surface area (Å²) in [4.78, 5) is 56.5. The van der Waals surface area contributed by atoms with Crippen molar-refractivity contribution in [3.8, 4) is 5.69 Å². The van der Waals surface area contributed by atoms with Gasteiger partial charge in [-0.3, -0.25) is 14.5 Å². The van der Waals surface area contributed by atoms with Crippen molar-refractivity contribution in [2.24, 2.45) is 5.16 Å². The number of carbonyl (C=O) groups excluding carboxylic acids is 4. The van der Waals surface area contributed by atoms with Gasteiger partial charge in [-0.25, -0.2) is 9.59 Å². The summed E-state index contributed by atoms with van der Waals surface area (Å²) in [5.74, 6) is -1.79. The van der Waals surface area contributed by atoms with Gasteiger partial charge in [0.1, 0.15) is 5.71 Å². The molecular formula is C31H33N3O7. The lowest BCUT2D eigenvalue weighted by Crippen LogP contribution is -2.54. The van der Waals surface area contributed by atoms with Gasteiger partial charge in [0, 0.05) is 60.9 Å². The number of fused-ring (bicyclic) bond motifs is 1. The minimum Gasteiger partial charge on any atom is -0.462 e. The Hall–Kier alpha value is -4.41. The zero-order chi connectivity index (χ0) is 29.6. The second-order valence-electron chi connectivity index (χ2n) is 10.0. The Morgan fingerprint density at radius 3 is 2.39 bits per heavy atom. The van der Waals surface area contributed by atoms with Crippen LogP contribution in [0.25, 0.3) is 16.6 Å². The van der Waals surface area contributed by atoms with E-state index < -0.39 is 23.3 Å². The van der Waals surface area contributed by atoms with Gasteiger partial charge in [0.05, 0.1) is 30.9 Å². The van der Waals surface area contributed by atoms with Crippen LogP contribution in [-0.2, 0) is 23.9 Å². The molecule has 1 fully saturated rings. The lowest BCUT2D eigenvalue weighted by atomic mass is 9.90. The summed E-state index contributed by atoms with van der Waals surface area (Å²) in [6, 6.07) is 14.5. The molecule has 1 aliphatic heterocycles. The molecule has 4 rings (SSSR count). The molecule has 41 heavy (non-hydrogen) atoms. The van der Waals surface area contributed by atoms with Crippen LogP contribution in [0.2, 0.25) is 0 Å². The van der Waals surface area contributed by atoms with Crippen LogP contribution in [0.15, 0.2) is 72.5 Å². The molecule has 10 heteroatoms. The van der Waals surface area contributed by atoms with Crippen molar-refractivity contribution in [3.63, 3.8) is 0 Å². The Morgan fingerprint density at radius 1 is 1.05 bits per heavy atom. The molecule has 0 radical (unpaired) electrons. The predicted molar refractivity (Wildman–Crippen MR) is 153 cm³/mol. The van der Waals surface area contributed by atoms with E-state index in [4.69, 9.17) is 9.47 Å². The molecule has 0 saturated carbocycles. The number of para-hydroxylation sites is 1. The SMILES string of the molecule is C=CC(=O)OCC/C(=N\OC(C)=O)C(=O)c1ccc(-n2cc(C(=O)C(C)(C)N3CCOCC3)c3ccccc32)cc1. The number of aromatic nitrogens is 1. The normalized spacial score (nSPS) is 14.5. The monoisotopic (exact) mass is 559 g/mol. The number of morpholine rings is 1. The molecule has 1 saturated heterocycles. The summed E-state index contributed by atoms with van der Waals surface area (Å²) < 4.78 is 12.3. The molecule has 0 atom stereocenters. The number of rotatable bonds is 11. The lowest BCUT2D eigenvalue weighted by Gasteiger charge is -2.39. The first kappa shape index (κ1) is 29.6. The van der Waals surface area contributed by atoms with E-state index in [2.05, 4.69) is 21.5 Å². The summed E-state index contributed by atoms with van der Waals surface area (Å²) in [6.07, 6.45) is 2.80. The summed E-state index contributed by atoms with van der Waals surface area (Å²) in [6.45, 7) is 10.8. The number of nitrogens with zero attached hydrogens (tertiary/aromatic N) is 3. The third kappa shape index (κ3) is 6.67. The highest BCUT2D eigenvalue weighted by Crippen LogP contribution is 2.30. The van der Waals surface area contributed by atoms with E-state index >= 15 is 0 Å². The van der Waals surface area contributed by atoms with Gasteiger partial charge in [-0.15, -0.1) is 0 Å². The molecule has 0 spiro atoms. The van der Waals surface area contributed by atoms with E-state index in [0.717, 1.165) is 22.7 Å². The highest BCUT2D eigenvalue weighted by Gasteiger charge is 2.37. The molecule has 0 aliphatic carbocycles. The highest BCUT2D eigenvalue weighted by atomic mass is 16.7. The Balaban J connectivity index is 1.62. The average molecular weight is 560 g/mol. The van der Waals surface area contributed by atoms with Crippen LogP contribution in [0, 0.1) is 0 Å². The zero-order valence-corrected chi connectivity index (χ0v) is 23.4. The fourth-order valence-corrected chi connectivity index (χ4v) is 4.74. The van der Waals surface area contributed by atoms with E-state index in [1.165, 1.54) is 6.92 Å². The van der Waals surface area contributed by atoms with Crippen molar-refractivity contribution >= 4 is 40.1 Å². The van der Waals surface area contributed by atoms with Crippen molar-refractivity contribution in [2.45, 2.75) is 32.7 Å². The number of esters is 1. The second kappa shape index (κ2) is 12.8. The minimum absolute atomic E-state index is 0.0182. The van der Waals surface area contributed by atoms with Crippen LogP contribution in [0.3, 0.4) is 0 Å². The van der Waals surface area contributed by atoms with Gasteiger partial charge >= 0.3 is 11.9 Å². The predicted octanol–water partition coefficient (Wildman–Crippen LogP) is 4.15. The molecule has 0 amide bonds.